The molecular formula is C21H43MgNO. The average Bonchev–Trinajstić information content (AvgIpc) is 2.56. The molecule has 0 heterocycles. The molecule has 0 radical (unpaired) electrons. The van der Waals surface area contributed by atoms with Crippen LogP contribution >= 0.6 is 0 Å². The van der Waals surface area contributed by atoms with Crippen molar-refractivity contribution in [1.82, 2.24) is 5.32 Å². The second-order valence-corrected chi connectivity index (χ2v) is 6.79. The van der Waals surface area contributed by atoms with Gasteiger partial charge >= 0.3 is 23.1 Å². The summed E-state index contributed by atoms with van der Waals surface area (Å²) in [6, 6.07) is 0. The first-order valence-electron chi connectivity index (χ1n) is 10.2. The van der Waals surface area contributed by atoms with Crippen molar-refractivity contribution >= 4 is 29.0 Å². The number of unbranched alkanes of at least 4 members (excludes halogenated alkanes) is 14. The van der Waals surface area contributed by atoms with Gasteiger partial charge in [-0.3, -0.25) is 4.79 Å². The largest absolute Gasteiger partial charge is 2.00 e. The zero-order valence-corrected chi connectivity index (χ0v) is 17.8. The van der Waals surface area contributed by atoms with E-state index in [0.717, 1.165) is 6.42 Å². The van der Waals surface area contributed by atoms with Crippen LogP contribution in [0.3, 0.4) is 0 Å². The van der Waals surface area contributed by atoms with Crippen LogP contribution in [0.4, 0.5) is 0 Å². The van der Waals surface area contributed by atoms with Gasteiger partial charge < -0.3 is 8.17 Å². The van der Waals surface area contributed by atoms with Crippen LogP contribution in [0.1, 0.15) is 113 Å². The molecule has 1 amide bonds. The number of nitrogens with one attached hydrogen (secondary N) is 1. The Morgan fingerprint density at radius 2 is 1.17 bits per heavy atom. The van der Waals surface area contributed by atoms with Crippen molar-refractivity contribution in [1.29, 1.82) is 0 Å². The summed E-state index contributed by atoms with van der Waals surface area (Å²) in [5.41, 5.74) is 0. The van der Waals surface area contributed by atoms with Gasteiger partial charge in [-0.25, -0.2) is 0 Å². The Labute approximate surface area is 170 Å². The Bertz CT molecular complexity index is 279. The number of hydrogen-bond donors (Lipinski definition) is 1. The van der Waals surface area contributed by atoms with E-state index in [9.17, 15) is 4.79 Å². The summed E-state index contributed by atoms with van der Waals surface area (Å²) in [6.45, 7) is 6.47. The molecule has 0 rings (SSSR count). The maximum absolute atomic E-state index is 11.4. The molecule has 3 heteroatoms. The molecule has 0 bridgehead atoms. The van der Waals surface area contributed by atoms with Gasteiger partial charge in [-0.05, 0) is 6.42 Å². The van der Waals surface area contributed by atoms with Gasteiger partial charge in [-0.1, -0.05) is 103 Å². The van der Waals surface area contributed by atoms with Gasteiger partial charge in [-0.2, -0.15) is 0 Å². The van der Waals surface area contributed by atoms with Gasteiger partial charge in [0.15, 0.2) is 0 Å². The first-order valence-corrected chi connectivity index (χ1v) is 10.2. The van der Waals surface area contributed by atoms with E-state index in [4.69, 9.17) is 0 Å². The summed E-state index contributed by atoms with van der Waals surface area (Å²) in [4.78, 5) is 11.4. The molecule has 140 valence electrons. The van der Waals surface area contributed by atoms with Crippen LogP contribution < -0.4 is 5.32 Å². The monoisotopic (exact) mass is 349 g/mol. The van der Waals surface area contributed by atoms with E-state index in [-0.39, 0.29) is 31.8 Å². The minimum absolute atomic E-state index is 0. The molecule has 0 atom stereocenters. The summed E-state index contributed by atoms with van der Waals surface area (Å²) in [5, 5.41) is 2.82. The molecule has 0 aromatic rings. The third-order valence-electron chi connectivity index (χ3n) is 4.45. The van der Waals surface area contributed by atoms with Gasteiger partial charge in [-0.15, -0.1) is 6.58 Å². The quantitative estimate of drug-likeness (QED) is 0.173. The van der Waals surface area contributed by atoms with Crippen LogP contribution in [-0.2, 0) is 4.79 Å². The Kier molecular flexibility index (Phi) is 25.1. The number of amides is 1. The van der Waals surface area contributed by atoms with Crippen LogP contribution in [0.25, 0.3) is 0 Å². The summed E-state index contributed by atoms with van der Waals surface area (Å²) in [6.07, 6.45) is 22.8. The van der Waals surface area contributed by atoms with Crippen molar-refractivity contribution in [2.45, 2.75) is 110 Å². The topological polar surface area (TPSA) is 29.1 Å². The summed E-state index contributed by atoms with van der Waals surface area (Å²) >= 11 is 0. The van der Waals surface area contributed by atoms with E-state index < -0.39 is 0 Å². The molecule has 0 aromatic carbocycles. The van der Waals surface area contributed by atoms with Gasteiger partial charge in [0.2, 0.25) is 5.91 Å². The maximum atomic E-state index is 11.4. The minimum atomic E-state index is 0. The first kappa shape index (κ1) is 26.2. The average molecular weight is 350 g/mol. The van der Waals surface area contributed by atoms with Crippen LogP contribution in [0.15, 0.2) is 12.7 Å². The molecule has 0 fully saturated rings. The van der Waals surface area contributed by atoms with E-state index in [1.165, 1.54) is 89.9 Å². The van der Waals surface area contributed by atoms with Crippen LogP contribution in [0.5, 0.6) is 0 Å². The first-order chi connectivity index (χ1) is 11.3. The van der Waals surface area contributed by atoms with E-state index in [0.29, 0.717) is 13.0 Å². The Morgan fingerprint density at radius 1 is 0.792 bits per heavy atom. The number of hydrogen-bond acceptors (Lipinski definition) is 1. The van der Waals surface area contributed by atoms with E-state index >= 15 is 0 Å². The molecule has 0 unspecified atom stereocenters. The molecule has 0 saturated carbocycles. The molecule has 1 N–H and O–H groups in total. The van der Waals surface area contributed by atoms with Crippen molar-refractivity contribution < 1.29 is 7.65 Å². The molecule has 0 saturated heterocycles. The van der Waals surface area contributed by atoms with Crippen molar-refractivity contribution in [3.8, 4) is 0 Å². The summed E-state index contributed by atoms with van der Waals surface area (Å²) in [5.74, 6) is 0.166. The zero-order chi connectivity index (χ0) is 17.0. The zero-order valence-electron chi connectivity index (χ0n) is 18.4. The van der Waals surface area contributed by atoms with Crippen molar-refractivity contribution in [3.05, 3.63) is 12.7 Å². The van der Waals surface area contributed by atoms with E-state index in [1.54, 1.807) is 6.08 Å². The van der Waals surface area contributed by atoms with Crippen LogP contribution in [0.2, 0.25) is 0 Å². The smallest absolute Gasteiger partial charge is 1.00 e. The fourth-order valence-corrected chi connectivity index (χ4v) is 2.93. The molecule has 24 heavy (non-hydrogen) atoms. The summed E-state index contributed by atoms with van der Waals surface area (Å²) in [7, 11) is 0. The normalized spacial score (nSPS) is 10.2. The standard InChI is InChI=1S/C21H41NO.Mg.2H/c1-3-5-6-7-8-9-10-11-12-13-14-15-16-17-18-19-21(23)22-20-4-2;;;/h4H,2-3,5-20H2,1H3,(H,22,23);;;/q;+2;2*-1. The predicted octanol–water partition coefficient (Wildman–Crippen LogP) is 6.39. The number of rotatable bonds is 18. The molecule has 0 aromatic heterocycles. The second-order valence-electron chi connectivity index (χ2n) is 6.79. The number of carbonyl (C=O) groups is 1. The molecule has 0 aliphatic heterocycles. The fourth-order valence-electron chi connectivity index (χ4n) is 2.93. The maximum Gasteiger partial charge on any atom is 2.00 e. The van der Waals surface area contributed by atoms with Crippen molar-refractivity contribution in [2.24, 2.45) is 0 Å². The predicted molar refractivity (Wildman–Crippen MR) is 111 cm³/mol. The Hall–Kier alpha value is -0.0238. The van der Waals surface area contributed by atoms with Gasteiger partial charge in [0.25, 0.3) is 0 Å². The Balaban J connectivity index is -0.000000807. The molecule has 2 nitrogen and oxygen atoms in total. The molecule has 0 spiro atoms. The minimum Gasteiger partial charge on any atom is -1.00 e. The van der Waals surface area contributed by atoms with Gasteiger partial charge in [0, 0.05) is 13.0 Å². The fraction of sp³-hybridized carbons (Fsp3) is 0.857. The third kappa shape index (κ3) is 22.0. The van der Waals surface area contributed by atoms with Crippen LogP contribution in [0, 0.1) is 0 Å². The van der Waals surface area contributed by atoms with E-state index in [1.807, 2.05) is 0 Å². The SMILES string of the molecule is C=CCNC(=O)CCCCCCCCCCCCCCCCC.[H-].[H-].[Mg+2]. The van der Waals surface area contributed by atoms with Crippen molar-refractivity contribution in [2.75, 3.05) is 6.54 Å². The molecule has 0 aliphatic carbocycles. The second kappa shape index (κ2) is 23.0. The van der Waals surface area contributed by atoms with Gasteiger partial charge in [0.05, 0.1) is 0 Å². The summed E-state index contributed by atoms with van der Waals surface area (Å²) < 4.78 is 0. The van der Waals surface area contributed by atoms with E-state index in [2.05, 4.69) is 18.8 Å². The Morgan fingerprint density at radius 3 is 1.54 bits per heavy atom. The number of carbonyl (C=O) groups excluding carboxylic acids is 1. The third-order valence-corrected chi connectivity index (χ3v) is 4.45. The van der Waals surface area contributed by atoms with Gasteiger partial charge in [0.1, 0.15) is 0 Å². The van der Waals surface area contributed by atoms with Crippen molar-refractivity contribution in [3.63, 3.8) is 0 Å². The van der Waals surface area contributed by atoms with Crippen LogP contribution in [-0.4, -0.2) is 35.5 Å². The molecular weight excluding hydrogens is 307 g/mol. The molecule has 0 aliphatic rings.